The molecule has 0 bridgehead atoms. The minimum absolute atomic E-state index is 0. The predicted molar refractivity (Wildman–Crippen MR) is 126 cm³/mol. The number of halogens is 2. The molecule has 0 radical (unpaired) electrons. The summed E-state index contributed by atoms with van der Waals surface area (Å²) < 4.78 is 15.0. The minimum atomic E-state index is -0.216. The maximum atomic E-state index is 13.3. The van der Waals surface area contributed by atoms with Gasteiger partial charge in [0.25, 0.3) is 0 Å². The van der Waals surface area contributed by atoms with Gasteiger partial charge >= 0.3 is 0 Å². The molecule has 2 heterocycles. The van der Waals surface area contributed by atoms with Crippen LogP contribution >= 0.6 is 24.0 Å². The number of aromatic nitrogens is 2. The van der Waals surface area contributed by atoms with Gasteiger partial charge in [-0.25, -0.2) is 4.39 Å². The second-order valence-corrected chi connectivity index (χ2v) is 7.80. The summed E-state index contributed by atoms with van der Waals surface area (Å²) in [7, 11) is 1.84. The number of nitrogens with one attached hydrogen (secondary N) is 1. The lowest BCUT2D eigenvalue weighted by molar-refractivity contribution is -0.120. The normalized spacial score (nSPS) is 18.2. The maximum Gasteiger partial charge on any atom is 0.246 e. The molecule has 1 amide bonds. The Morgan fingerprint density at radius 3 is 2.57 bits per heavy atom. The molecule has 2 aromatic rings. The molecule has 9 heteroatoms. The molecular formula is C21H28FIN6O. The van der Waals surface area contributed by atoms with Crippen molar-refractivity contribution in [2.24, 2.45) is 12.0 Å². The number of nitrogens with zero attached hydrogens (tertiary/aromatic N) is 5. The summed E-state index contributed by atoms with van der Waals surface area (Å²) in [5, 5.41) is 7.48. The molecule has 1 saturated carbocycles. The first-order valence-electron chi connectivity index (χ1n) is 10.1. The van der Waals surface area contributed by atoms with E-state index in [-0.39, 0.29) is 47.7 Å². The molecule has 2 fully saturated rings. The van der Waals surface area contributed by atoms with E-state index in [0.29, 0.717) is 19.6 Å². The van der Waals surface area contributed by atoms with Crippen LogP contribution in [0.5, 0.6) is 0 Å². The third-order valence-corrected chi connectivity index (χ3v) is 5.70. The Balaban J connectivity index is 0.00000256. The molecule has 0 unspecified atom stereocenters. The average Bonchev–Trinajstić information content (AvgIpc) is 3.38. The Morgan fingerprint density at radius 2 is 2.00 bits per heavy atom. The van der Waals surface area contributed by atoms with E-state index in [9.17, 15) is 9.18 Å². The van der Waals surface area contributed by atoms with Crippen molar-refractivity contribution in [2.75, 3.05) is 37.6 Å². The standard InChI is InChI=1S/C21H27FN6O.HI/c1-3-23-20(24-15-21(8-9-21)16-4-6-17(22)7-5-16)27-10-11-28(19(29)14-27)18-12-25-26(2)13-18;/h4-7,12-13H,3,8-11,14-15H2,1-2H3,(H,23,24);1H. The molecule has 1 aliphatic heterocycles. The number of rotatable bonds is 5. The molecule has 1 aliphatic carbocycles. The molecule has 0 spiro atoms. The van der Waals surface area contributed by atoms with Gasteiger partial charge in [-0.15, -0.1) is 24.0 Å². The zero-order valence-electron chi connectivity index (χ0n) is 17.3. The first kappa shape index (κ1) is 22.5. The first-order valence-corrected chi connectivity index (χ1v) is 10.1. The summed E-state index contributed by atoms with van der Waals surface area (Å²) >= 11 is 0. The highest BCUT2D eigenvalue weighted by molar-refractivity contribution is 14.0. The van der Waals surface area contributed by atoms with E-state index in [1.807, 2.05) is 37.2 Å². The number of anilines is 1. The van der Waals surface area contributed by atoms with Crippen molar-refractivity contribution < 1.29 is 9.18 Å². The van der Waals surface area contributed by atoms with Crippen LogP contribution in [0.15, 0.2) is 41.7 Å². The molecule has 7 nitrogen and oxygen atoms in total. The Hall–Kier alpha value is -2.17. The number of aliphatic imine (C=N–C) groups is 1. The molecule has 2 aliphatic rings. The number of aryl methyl sites for hydroxylation is 1. The number of hydrogen-bond acceptors (Lipinski definition) is 3. The van der Waals surface area contributed by atoms with E-state index in [4.69, 9.17) is 4.99 Å². The molecular weight excluding hydrogens is 498 g/mol. The van der Waals surface area contributed by atoms with Gasteiger partial charge in [-0.1, -0.05) is 12.1 Å². The van der Waals surface area contributed by atoms with Crippen LogP contribution in [0.4, 0.5) is 10.1 Å². The zero-order valence-corrected chi connectivity index (χ0v) is 19.7. The fourth-order valence-corrected chi connectivity index (χ4v) is 3.82. The van der Waals surface area contributed by atoms with Crippen LogP contribution < -0.4 is 10.2 Å². The van der Waals surface area contributed by atoms with E-state index in [1.165, 1.54) is 12.1 Å². The van der Waals surface area contributed by atoms with Crippen LogP contribution in [0.3, 0.4) is 0 Å². The lowest BCUT2D eigenvalue weighted by atomic mass is 9.96. The van der Waals surface area contributed by atoms with E-state index >= 15 is 0 Å². The zero-order chi connectivity index (χ0) is 20.4. The van der Waals surface area contributed by atoms with E-state index in [1.54, 1.807) is 15.8 Å². The number of carbonyl (C=O) groups is 1. The van der Waals surface area contributed by atoms with Gasteiger partial charge in [0.05, 0.1) is 18.4 Å². The molecule has 1 aromatic heterocycles. The summed E-state index contributed by atoms with van der Waals surface area (Å²) in [4.78, 5) is 21.4. The average molecular weight is 526 g/mol. The van der Waals surface area contributed by atoms with Crippen LogP contribution in [-0.4, -0.2) is 59.3 Å². The van der Waals surface area contributed by atoms with E-state index < -0.39 is 0 Å². The van der Waals surface area contributed by atoms with Gasteiger partial charge < -0.3 is 15.1 Å². The van der Waals surface area contributed by atoms with Crippen molar-refractivity contribution in [1.29, 1.82) is 0 Å². The Kier molecular flexibility index (Phi) is 6.99. The van der Waals surface area contributed by atoms with Crippen molar-refractivity contribution in [2.45, 2.75) is 25.2 Å². The van der Waals surface area contributed by atoms with Crippen LogP contribution in [0.2, 0.25) is 0 Å². The predicted octanol–water partition coefficient (Wildman–Crippen LogP) is 2.52. The summed E-state index contributed by atoms with van der Waals surface area (Å²) in [5.41, 5.74) is 1.96. The summed E-state index contributed by atoms with van der Waals surface area (Å²) in [6.07, 6.45) is 5.67. The quantitative estimate of drug-likeness (QED) is 0.370. The van der Waals surface area contributed by atoms with Crippen molar-refractivity contribution in [1.82, 2.24) is 20.0 Å². The van der Waals surface area contributed by atoms with E-state index in [2.05, 4.69) is 10.4 Å². The highest BCUT2D eigenvalue weighted by Gasteiger charge is 2.44. The fourth-order valence-electron chi connectivity index (χ4n) is 3.82. The molecule has 30 heavy (non-hydrogen) atoms. The van der Waals surface area contributed by atoms with Gasteiger partial charge in [-0.2, -0.15) is 5.10 Å². The lowest BCUT2D eigenvalue weighted by Crippen LogP contribution is -2.55. The molecule has 1 saturated heterocycles. The highest BCUT2D eigenvalue weighted by Crippen LogP contribution is 2.48. The summed E-state index contributed by atoms with van der Waals surface area (Å²) in [6.45, 7) is 4.98. The van der Waals surface area contributed by atoms with Crippen LogP contribution in [0.1, 0.15) is 25.3 Å². The fraction of sp³-hybridized carbons (Fsp3) is 0.476. The smallest absolute Gasteiger partial charge is 0.246 e. The Morgan fingerprint density at radius 1 is 1.27 bits per heavy atom. The number of benzene rings is 1. The topological polar surface area (TPSA) is 65.8 Å². The number of guanidine groups is 1. The van der Waals surface area contributed by atoms with Gasteiger partial charge in [-0.05, 0) is 37.5 Å². The number of carbonyl (C=O) groups excluding carboxylic acids is 1. The van der Waals surface area contributed by atoms with Crippen LogP contribution in [0, 0.1) is 5.82 Å². The molecule has 1 N–H and O–H groups in total. The third-order valence-electron chi connectivity index (χ3n) is 5.70. The monoisotopic (exact) mass is 526 g/mol. The SMILES string of the molecule is CCNC(=NCC1(c2ccc(F)cc2)CC1)N1CCN(c2cnn(C)c2)C(=O)C1.I. The molecule has 162 valence electrons. The highest BCUT2D eigenvalue weighted by atomic mass is 127. The van der Waals surface area contributed by atoms with Crippen molar-refractivity contribution in [3.8, 4) is 0 Å². The van der Waals surface area contributed by atoms with E-state index in [0.717, 1.165) is 36.6 Å². The third kappa shape index (κ3) is 4.76. The Bertz CT molecular complexity index is 908. The maximum absolute atomic E-state index is 13.3. The molecule has 4 rings (SSSR count). The summed E-state index contributed by atoms with van der Waals surface area (Å²) in [5.74, 6) is 0.584. The minimum Gasteiger partial charge on any atom is -0.357 e. The molecule has 1 aromatic carbocycles. The second kappa shape index (κ2) is 9.32. The largest absolute Gasteiger partial charge is 0.357 e. The Labute approximate surface area is 193 Å². The van der Waals surface area contributed by atoms with Crippen molar-refractivity contribution >= 4 is 41.5 Å². The van der Waals surface area contributed by atoms with Gasteiger partial charge in [0, 0.05) is 38.3 Å². The van der Waals surface area contributed by atoms with Crippen LogP contribution in [0.25, 0.3) is 0 Å². The number of piperazine rings is 1. The van der Waals surface area contributed by atoms with Gasteiger partial charge in [-0.3, -0.25) is 14.5 Å². The number of amides is 1. The second-order valence-electron chi connectivity index (χ2n) is 7.80. The number of hydrogen-bond donors (Lipinski definition) is 1. The van der Waals surface area contributed by atoms with Crippen molar-refractivity contribution in [3.05, 3.63) is 48.0 Å². The van der Waals surface area contributed by atoms with Gasteiger partial charge in [0.15, 0.2) is 5.96 Å². The van der Waals surface area contributed by atoms with Gasteiger partial charge in [0.1, 0.15) is 12.4 Å². The lowest BCUT2D eigenvalue weighted by Gasteiger charge is -2.35. The van der Waals surface area contributed by atoms with Crippen molar-refractivity contribution in [3.63, 3.8) is 0 Å². The molecule has 0 atom stereocenters. The first-order chi connectivity index (χ1) is 14.0. The van der Waals surface area contributed by atoms with Gasteiger partial charge in [0.2, 0.25) is 5.91 Å². The van der Waals surface area contributed by atoms with Crippen LogP contribution in [-0.2, 0) is 17.3 Å². The summed E-state index contributed by atoms with van der Waals surface area (Å²) in [6, 6.07) is 6.75.